The lowest BCUT2D eigenvalue weighted by molar-refractivity contribution is -0.128. The van der Waals surface area contributed by atoms with Crippen LogP contribution in [0, 0.1) is 0 Å². The van der Waals surface area contributed by atoms with Crippen molar-refractivity contribution >= 4 is 34.3 Å². The molecule has 1 aliphatic heterocycles. The summed E-state index contributed by atoms with van der Waals surface area (Å²) in [6.45, 7) is 1.06. The van der Waals surface area contributed by atoms with Crippen molar-refractivity contribution in [1.82, 2.24) is 10.2 Å². The van der Waals surface area contributed by atoms with Crippen molar-refractivity contribution < 1.29 is 9.59 Å². The predicted molar refractivity (Wildman–Crippen MR) is 134 cm³/mol. The fourth-order valence-electron chi connectivity index (χ4n) is 4.11. The minimum absolute atomic E-state index is 0.0348. The van der Waals surface area contributed by atoms with E-state index in [0.717, 1.165) is 22.1 Å². The Labute approximate surface area is 197 Å². The van der Waals surface area contributed by atoms with Crippen LogP contribution < -0.4 is 5.32 Å². The zero-order valence-electron chi connectivity index (χ0n) is 18.1. The van der Waals surface area contributed by atoms with Gasteiger partial charge in [0.25, 0.3) is 5.91 Å². The van der Waals surface area contributed by atoms with Crippen LogP contribution in [0.25, 0.3) is 10.8 Å². The second-order valence-corrected chi connectivity index (χ2v) is 9.23. The van der Waals surface area contributed by atoms with Crippen molar-refractivity contribution in [3.8, 4) is 0 Å². The lowest BCUT2D eigenvalue weighted by atomic mass is 10.1. The Balaban J connectivity index is 1.24. The number of rotatable bonds is 6. The minimum atomic E-state index is -0.106. The molecule has 4 nitrogen and oxygen atoms in total. The van der Waals surface area contributed by atoms with E-state index in [1.165, 1.54) is 5.39 Å². The lowest BCUT2D eigenvalue weighted by Crippen LogP contribution is -2.27. The van der Waals surface area contributed by atoms with Crippen molar-refractivity contribution in [1.29, 1.82) is 0 Å². The van der Waals surface area contributed by atoms with E-state index in [1.54, 1.807) is 11.8 Å². The molecular weight excluding hydrogens is 428 g/mol. The summed E-state index contributed by atoms with van der Waals surface area (Å²) in [6.07, 6.45) is 0. The van der Waals surface area contributed by atoms with E-state index < -0.39 is 0 Å². The fourth-order valence-corrected chi connectivity index (χ4v) is 5.30. The number of thioether (sulfide) groups is 1. The molecule has 0 bridgehead atoms. The number of amides is 2. The van der Waals surface area contributed by atoms with Gasteiger partial charge in [-0.15, -0.1) is 11.8 Å². The van der Waals surface area contributed by atoms with E-state index in [1.807, 2.05) is 77.7 Å². The van der Waals surface area contributed by atoms with Crippen LogP contribution >= 0.6 is 11.8 Å². The van der Waals surface area contributed by atoms with Gasteiger partial charge in [0.05, 0.1) is 5.75 Å². The zero-order valence-corrected chi connectivity index (χ0v) is 18.9. The molecule has 0 aliphatic carbocycles. The Kier molecular flexibility index (Phi) is 6.13. The number of fused-ring (bicyclic) bond motifs is 1. The number of benzene rings is 4. The molecule has 2 amide bonds. The van der Waals surface area contributed by atoms with Crippen LogP contribution in [0.3, 0.4) is 0 Å². The molecule has 4 aromatic rings. The molecule has 0 spiro atoms. The van der Waals surface area contributed by atoms with Crippen LogP contribution in [-0.2, 0) is 17.9 Å². The first-order valence-electron chi connectivity index (χ1n) is 11.0. The molecule has 33 heavy (non-hydrogen) atoms. The standard InChI is InChI=1S/C28H24N2O2S/c31-26-19-33-28(30(26)18-20-6-2-1-3-7-20)24-14-12-23(13-15-24)27(32)29-17-21-10-11-22-8-4-5-9-25(22)16-21/h1-16,28H,17-19H2,(H,29,32). The number of carbonyl (C=O) groups is 2. The third-order valence-electron chi connectivity index (χ3n) is 5.89. The Morgan fingerprint density at radius 3 is 2.36 bits per heavy atom. The monoisotopic (exact) mass is 452 g/mol. The van der Waals surface area contributed by atoms with Gasteiger partial charge in [0.2, 0.25) is 5.91 Å². The summed E-state index contributed by atoms with van der Waals surface area (Å²) < 4.78 is 0. The summed E-state index contributed by atoms with van der Waals surface area (Å²) in [5.41, 5.74) is 3.83. The maximum atomic E-state index is 12.7. The number of hydrogen-bond acceptors (Lipinski definition) is 3. The average Bonchev–Trinajstić information content (AvgIpc) is 3.23. The van der Waals surface area contributed by atoms with Gasteiger partial charge in [0.15, 0.2) is 0 Å². The smallest absolute Gasteiger partial charge is 0.251 e. The van der Waals surface area contributed by atoms with E-state index in [-0.39, 0.29) is 17.2 Å². The number of nitrogens with one attached hydrogen (secondary N) is 1. The van der Waals surface area contributed by atoms with Crippen molar-refractivity contribution in [3.05, 3.63) is 119 Å². The molecule has 1 fully saturated rings. The second kappa shape index (κ2) is 9.51. The molecule has 1 N–H and O–H groups in total. The number of nitrogens with zero attached hydrogens (tertiary/aromatic N) is 1. The van der Waals surface area contributed by atoms with Gasteiger partial charge in [-0.25, -0.2) is 0 Å². The molecule has 1 saturated heterocycles. The Hall–Kier alpha value is -3.57. The highest BCUT2D eigenvalue weighted by molar-refractivity contribution is 8.00. The van der Waals surface area contributed by atoms with E-state index in [0.29, 0.717) is 24.4 Å². The molecule has 1 aliphatic rings. The second-order valence-electron chi connectivity index (χ2n) is 8.16. The highest BCUT2D eigenvalue weighted by atomic mass is 32.2. The molecular formula is C28H24N2O2S. The first kappa shape index (κ1) is 21.3. The third kappa shape index (κ3) is 4.78. The van der Waals surface area contributed by atoms with Gasteiger partial charge < -0.3 is 10.2 Å². The van der Waals surface area contributed by atoms with Gasteiger partial charge in [0, 0.05) is 18.7 Å². The molecule has 1 unspecified atom stereocenters. The Bertz CT molecular complexity index is 1290. The van der Waals surface area contributed by atoms with Crippen molar-refractivity contribution in [2.75, 3.05) is 5.75 Å². The minimum Gasteiger partial charge on any atom is -0.348 e. The predicted octanol–water partition coefficient (Wildman–Crippen LogP) is 5.54. The molecule has 0 aromatic heterocycles. The van der Waals surface area contributed by atoms with E-state index in [4.69, 9.17) is 0 Å². The normalized spacial score (nSPS) is 15.7. The van der Waals surface area contributed by atoms with Crippen molar-refractivity contribution in [2.45, 2.75) is 18.5 Å². The van der Waals surface area contributed by atoms with Crippen LogP contribution in [0.4, 0.5) is 0 Å². The molecule has 4 aromatic carbocycles. The molecule has 5 heteroatoms. The van der Waals surface area contributed by atoms with Crippen LogP contribution in [0.15, 0.2) is 97.1 Å². The molecule has 0 radical (unpaired) electrons. The third-order valence-corrected chi connectivity index (χ3v) is 7.14. The molecule has 164 valence electrons. The van der Waals surface area contributed by atoms with Crippen molar-refractivity contribution in [2.24, 2.45) is 0 Å². The van der Waals surface area contributed by atoms with Crippen LogP contribution in [0.1, 0.15) is 32.4 Å². The van der Waals surface area contributed by atoms with E-state index in [9.17, 15) is 9.59 Å². The van der Waals surface area contributed by atoms with Gasteiger partial charge in [0.1, 0.15) is 5.37 Å². The maximum absolute atomic E-state index is 12.7. The fraction of sp³-hybridized carbons (Fsp3) is 0.143. The molecule has 1 atom stereocenters. The van der Waals surface area contributed by atoms with Gasteiger partial charge in [-0.1, -0.05) is 78.9 Å². The van der Waals surface area contributed by atoms with Crippen LogP contribution in [0.5, 0.6) is 0 Å². The van der Waals surface area contributed by atoms with Gasteiger partial charge >= 0.3 is 0 Å². The summed E-state index contributed by atoms with van der Waals surface area (Å²) in [5, 5.41) is 5.33. The Morgan fingerprint density at radius 2 is 1.58 bits per heavy atom. The van der Waals surface area contributed by atoms with Gasteiger partial charge in [-0.2, -0.15) is 0 Å². The summed E-state index contributed by atoms with van der Waals surface area (Å²) in [5.74, 6) is 0.517. The summed E-state index contributed by atoms with van der Waals surface area (Å²) in [4.78, 5) is 27.1. The largest absolute Gasteiger partial charge is 0.348 e. The topological polar surface area (TPSA) is 49.4 Å². The van der Waals surface area contributed by atoms with Gasteiger partial charge in [-0.05, 0) is 45.7 Å². The zero-order chi connectivity index (χ0) is 22.6. The summed E-state index contributed by atoms with van der Waals surface area (Å²) in [6, 6.07) is 32.1. The molecule has 0 saturated carbocycles. The van der Waals surface area contributed by atoms with E-state index >= 15 is 0 Å². The van der Waals surface area contributed by atoms with Crippen LogP contribution in [-0.4, -0.2) is 22.5 Å². The average molecular weight is 453 g/mol. The first-order valence-corrected chi connectivity index (χ1v) is 12.0. The molecule has 1 heterocycles. The maximum Gasteiger partial charge on any atom is 0.251 e. The highest BCUT2D eigenvalue weighted by Crippen LogP contribution is 2.39. The lowest BCUT2D eigenvalue weighted by Gasteiger charge is -2.24. The highest BCUT2D eigenvalue weighted by Gasteiger charge is 2.32. The Morgan fingerprint density at radius 1 is 0.848 bits per heavy atom. The van der Waals surface area contributed by atoms with Gasteiger partial charge in [-0.3, -0.25) is 9.59 Å². The number of carbonyl (C=O) groups excluding carboxylic acids is 2. The van der Waals surface area contributed by atoms with Crippen LogP contribution in [0.2, 0.25) is 0 Å². The number of hydrogen-bond donors (Lipinski definition) is 1. The van der Waals surface area contributed by atoms with Crippen molar-refractivity contribution in [3.63, 3.8) is 0 Å². The summed E-state index contributed by atoms with van der Waals surface area (Å²) >= 11 is 1.63. The summed E-state index contributed by atoms with van der Waals surface area (Å²) in [7, 11) is 0. The van der Waals surface area contributed by atoms with E-state index in [2.05, 4.69) is 29.6 Å². The molecule has 5 rings (SSSR count). The first-order chi connectivity index (χ1) is 16.2. The SMILES string of the molecule is O=C(NCc1ccc2ccccc2c1)c1ccc(C2SCC(=O)N2Cc2ccccc2)cc1. The quantitative estimate of drug-likeness (QED) is 0.418.